The number of hydrogen-bond donors (Lipinski definition) is 1. The number of rotatable bonds is 6. The van der Waals surface area contributed by atoms with Gasteiger partial charge < -0.3 is 15.0 Å². The molecular formula is C17H24N4O2. The highest BCUT2D eigenvalue weighted by Gasteiger charge is 2.09. The van der Waals surface area contributed by atoms with E-state index in [0.29, 0.717) is 13.1 Å². The minimum absolute atomic E-state index is 0.114. The van der Waals surface area contributed by atoms with Gasteiger partial charge in [-0.3, -0.25) is 4.68 Å². The zero-order chi connectivity index (χ0) is 16.8. The molecule has 6 nitrogen and oxygen atoms in total. The Kier molecular flexibility index (Phi) is 5.62. The van der Waals surface area contributed by atoms with Crippen LogP contribution in [0.25, 0.3) is 0 Å². The van der Waals surface area contributed by atoms with Gasteiger partial charge in [0.2, 0.25) is 0 Å². The predicted molar refractivity (Wildman–Crippen MR) is 89.1 cm³/mol. The first-order chi connectivity index (χ1) is 10.9. The summed E-state index contributed by atoms with van der Waals surface area (Å²) < 4.78 is 7.32. The average Bonchev–Trinajstić information content (AvgIpc) is 2.90. The monoisotopic (exact) mass is 316 g/mol. The van der Waals surface area contributed by atoms with Gasteiger partial charge in [-0.05, 0) is 31.5 Å². The van der Waals surface area contributed by atoms with E-state index in [1.165, 1.54) is 0 Å². The van der Waals surface area contributed by atoms with Crippen molar-refractivity contribution >= 4 is 6.03 Å². The number of nitrogens with zero attached hydrogens (tertiary/aromatic N) is 3. The van der Waals surface area contributed by atoms with Crippen LogP contribution in [-0.4, -0.2) is 33.9 Å². The van der Waals surface area contributed by atoms with E-state index >= 15 is 0 Å². The number of urea groups is 1. The summed E-state index contributed by atoms with van der Waals surface area (Å²) in [6.07, 6.45) is 3.82. The third-order valence-electron chi connectivity index (χ3n) is 3.26. The fraction of sp³-hybridized carbons (Fsp3) is 0.412. The largest absolute Gasteiger partial charge is 0.491 e. The molecule has 0 fully saturated rings. The molecule has 2 aromatic rings. The fourth-order valence-electron chi connectivity index (χ4n) is 2.17. The molecule has 0 spiro atoms. The Labute approximate surface area is 137 Å². The van der Waals surface area contributed by atoms with Crippen molar-refractivity contribution in [3.63, 3.8) is 0 Å². The van der Waals surface area contributed by atoms with E-state index in [4.69, 9.17) is 4.74 Å². The number of amides is 2. The third kappa shape index (κ3) is 5.32. The molecule has 0 radical (unpaired) electrons. The molecular weight excluding hydrogens is 292 g/mol. The molecule has 6 heteroatoms. The van der Waals surface area contributed by atoms with Crippen molar-refractivity contribution in [1.82, 2.24) is 20.0 Å². The highest BCUT2D eigenvalue weighted by Crippen LogP contribution is 2.13. The number of carbonyl (C=O) groups is 1. The smallest absolute Gasteiger partial charge is 0.317 e. The molecule has 2 amide bonds. The lowest BCUT2D eigenvalue weighted by Crippen LogP contribution is -2.36. The Hall–Kier alpha value is -2.50. The number of carbonyl (C=O) groups excluding carboxylic acids is 1. The summed E-state index contributed by atoms with van der Waals surface area (Å²) in [5.41, 5.74) is 2.03. The van der Waals surface area contributed by atoms with Crippen molar-refractivity contribution in [1.29, 1.82) is 0 Å². The van der Waals surface area contributed by atoms with Crippen LogP contribution in [-0.2, 0) is 20.1 Å². The van der Waals surface area contributed by atoms with Gasteiger partial charge in [0.25, 0.3) is 0 Å². The molecule has 0 aliphatic rings. The lowest BCUT2D eigenvalue weighted by Gasteiger charge is -2.17. The maximum atomic E-state index is 12.1. The number of benzene rings is 1. The van der Waals surface area contributed by atoms with Gasteiger partial charge in [-0.25, -0.2) is 4.79 Å². The normalized spacial score (nSPS) is 10.7. The number of aryl methyl sites for hydroxylation is 1. The SMILES string of the molecule is CC(C)Oc1ccc(CNC(=O)N(C)Cc2cnn(C)c2)cc1. The number of aromatic nitrogens is 2. The maximum Gasteiger partial charge on any atom is 0.317 e. The maximum absolute atomic E-state index is 12.1. The van der Waals surface area contributed by atoms with E-state index in [1.807, 2.05) is 51.4 Å². The van der Waals surface area contributed by atoms with Gasteiger partial charge in [-0.1, -0.05) is 12.1 Å². The molecule has 0 saturated heterocycles. The van der Waals surface area contributed by atoms with E-state index in [-0.39, 0.29) is 12.1 Å². The number of hydrogen-bond acceptors (Lipinski definition) is 3. The highest BCUT2D eigenvalue weighted by molar-refractivity contribution is 5.73. The summed E-state index contributed by atoms with van der Waals surface area (Å²) in [7, 11) is 3.62. The zero-order valence-corrected chi connectivity index (χ0v) is 14.1. The van der Waals surface area contributed by atoms with Gasteiger partial charge in [0.15, 0.2) is 0 Å². The molecule has 1 heterocycles. The molecule has 124 valence electrons. The van der Waals surface area contributed by atoms with E-state index in [0.717, 1.165) is 16.9 Å². The van der Waals surface area contributed by atoms with Crippen molar-refractivity contribution in [3.05, 3.63) is 47.8 Å². The molecule has 1 aromatic carbocycles. The summed E-state index contributed by atoms with van der Waals surface area (Å²) in [6.45, 7) is 5.00. The molecule has 1 aromatic heterocycles. The Balaban J connectivity index is 1.81. The number of nitrogens with one attached hydrogen (secondary N) is 1. The van der Waals surface area contributed by atoms with Crippen LogP contribution in [0.2, 0.25) is 0 Å². The molecule has 1 N–H and O–H groups in total. The minimum atomic E-state index is -0.114. The van der Waals surface area contributed by atoms with Crippen LogP contribution in [0, 0.1) is 0 Å². The third-order valence-corrected chi connectivity index (χ3v) is 3.26. The van der Waals surface area contributed by atoms with Crippen molar-refractivity contribution in [2.75, 3.05) is 7.05 Å². The van der Waals surface area contributed by atoms with Gasteiger partial charge in [0.05, 0.1) is 18.8 Å². The van der Waals surface area contributed by atoms with Crippen LogP contribution in [0.3, 0.4) is 0 Å². The van der Waals surface area contributed by atoms with Crippen molar-refractivity contribution < 1.29 is 9.53 Å². The van der Waals surface area contributed by atoms with Gasteiger partial charge in [0, 0.05) is 32.4 Å². The second-order valence-electron chi connectivity index (χ2n) is 5.85. The Bertz CT molecular complexity index is 634. The molecule has 0 atom stereocenters. The lowest BCUT2D eigenvalue weighted by molar-refractivity contribution is 0.206. The predicted octanol–water partition coefficient (Wildman–Crippen LogP) is 2.55. The zero-order valence-electron chi connectivity index (χ0n) is 14.1. The average molecular weight is 316 g/mol. The first-order valence-corrected chi connectivity index (χ1v) is 7.66. The molecule has 0 bridgehead atoms. The molecule has 0 aliphatic carbocycles. The van der Waals surface area contributed by atoms with Crippen LogP contribution >= 0.6 is 0 Å². The van der Waals surface area contributed by atoms with E-state index < -0.39 is 0 Å². The molecule has 0 saturated carbocycles. The Morgan fingerprint density at radius 2 is 2.00 bits per heavy atom. The van der Waals surface area contributed by atoms with Gasteiger partial charge in [-0.15, -0.1) is 0 Å². The molecule has 23 heavy (non-hydrogen) atoms. The standard InChI is InChI=1S/C17H24N4O2/c1-13(2)23-16-7-5-14(6-8-16)9-18-17(22)20(3)11-15-10-19-21(4)12-15/h5-8,10,12-13H,9,11H2,1-4H3,(H,18,22). The molecule has 2 rings (SSSR count). The Morgan fingerprint density at radius 1 is 1.30 bits per heavy atom. The topological polar surface area (TPSA) is 59.4 Å². The van der Waals surface area contributed by atoms with Crippen LogP contribution in [0.1, 0.15) is 25.0 Å². The summed E-state index contributed by atoms with van der Waals surface area (Å²) in [6, 6.07) is 7.64. The lowest BCUT2D eigenvalue weighted by atomic mass is 10.2. The fourth-order valence-corrected chi connectivity index (χ4v) is 2.17. The second kappa shape index (κ2) is 7.67. The van der Waals surface area contributed by atoms with Crippen molar-refractivity contribution in [2.45, 2.75) is 33.0 Å². The molecule has 0 unspecified atom stereocenters. The summed E-state index contributed by atoms with van der Waals surface area (Å²) >= 11 is 0. The van der Waals surface area contributed by atoms with Gasteiger partial charge >= 0.3 is 6.03 Å². The van der Waals surface area contributed by atoms with Crippen LogP contribution in [0.4, 0.5) is 4.79 Å². The van der Waals surface area contributed by atoms with Crippen LogP contribution in [0.15, 0.2) is 36.7 Å². The van der Waals surface area contributed by atoms with Crippen LogP contribution < -0.4 is 10.1 Å². The quantitative estimate of drug-likeness (QED) is 0.891. The summed E-state index contributed by atoms with van der Waals surface area (Å²) in [4.78, 5) is 13.7. The van der Waals surface area contributed by atoms with E-state index in [1.54, 1.807) is 22.8 Å². The summed E-state index contributed by atoms with van der Waals surface area (Å²) in [5.74, 6) is 0.837. The number of ether oxygens (including phenoxy) is 1. The summed E-state index contributed by atoms with van der Waals surface area (Å²) in [5, 5.41) is 7.00. The van der Waals surface area contributed by atoms with Crippen molar-refractivity contribution in [3.8, 4) is 5.75 Å². The first kappa shape index (κ1) is 16.9. The first-order valence-electron chi connectivity index (χ1n) is 7.66. The second-order valence-corrected chi connectivity index (χ2v) is 5.85. The van der Waals surface area contributed by atoms with Crippen LogP contribution in [0.5, 0.6) is 5.75 Å². The van der Waals surface area contributed by atoms with E-state index in [2.05, 4.69) is 10.4 Å². The van der Waals surface area contributed by atoms with Gasteiger partial charge in [-0.2, -0.15) is 5.10 Å². The van der Waals surface area contributed by atoms with E-state index in [9.17, 15) is 4.79 Å². The highest BCUT2D eigenvalue weighted by atomic mass is 16.5. The Morgan fingerprint density at radius 3 is 2.57 bits per heavy atom. The van der Waals surface area contributed by atoms with Gasteiger partial charge in [0.1, 0.15) is 5.75 Å². The van der Waals surface area contributed by atoms with Crippen molar-refractivity contribution in [2.24, 2.45) is 7.05 Å². The minimum Gasteiger partial charge on any atom is -0.491 e. The molecule has 0 aliphatic heterocycles.